The van der Waals surface area contributed by atoms with Crippen LogP contribution >= 0.6 is 0 Å². The highest BCUT2D eigenvalue weighted by Gasteiger charge is 2.31. The lowest BCUT2D eigenvalue weighted by Gasteiger charge is -2.30. The van der Waals surface area contributed by atoms with Crippen molar-refractivity contribution in [3.8, 4) is 23.0 Å². The Hall–Kier alpha value is -2.40. The molecule has 0 aromatic heterocycles. The van der Waals surface area contributed by atoms with Gasteiger partial charge in [-0.05, 0) is 38.1 Å². The van der Waals surface area contributed by atoms with Crippen molar-refractivity contribution in [3.05, 3.63) is 47.5 Å². The number of aromatic hydroxyl groups is 1. The van der Waals surface area contributed by atoms with Gasteiger partial charge < -0.3 is 19.3 Å². The predicted octanol–water partition coefficient (Wildman–Crippen LogP) is 3.31. The van der Waals surface area contributed by atoms with Crippen LogP contribution < -0.4 is 14.2 Å². The first kappa shape index (κ1) is 15.1. The van der Waals surface area contributed by atoms with Gasteiger partial charge >= 0.3 is 0 Å². The normalized spacial score (nSPS) is 17.9. The zero-order valence-electron chi connectivity index (χ0n) is 13.7. The number of phenolic OH excluding ortho intramolecular Hbond substituents is 1. The lowest BCUT2D eigenvalue weighted by atomic mass is 9.95. The van der Waals surface area contributed by atoms with E-state index in [-0.39, 0.29) is 18.6 Å². The summed E-state index contributed by atoms with van der Waals surface area (Å²) in [5.41, 5.74) is 1.88. The molecule has 2 aliphatic heterocycles. The van der Waals surface area contributed by atoms with Crippen molar-refractivity contribution in [1.82, 2.24) is 4.90 Å². The fraction of sp³-hybridized carbons (Fsp3) is 0.368. The summed E-state index contributed by atoms with van der Waals surface area (Å²) in [5.74, 6) is 2.33. The second-order valence-corrected chi connectivity index (χ2v) is 6.15. The van der Waals surface area contributed by atoms with Crippen LogP contribution in [0.15, 0.2) is 36.4 Å². The van der Waals surface area contributed by atoms with E-state index < -0.39 is 0 Å². The van der Waals surface area contributed by atoms with Crippen molar-refractivity contribution >= 4 is 0 Å². The molecule has 2 aromatic rings. The van der Waals surface area contributed by atoms with Gasteiger partial charge in [0.2, 0.25) is 6.79 Å². The van der Waals surface area contributed by atoms with Gasteiger partial charge in [0.1, 0.15) is 11.5 Å². The summed E-state index contributed by atoms with van der Waals surface area (Å²) in [4.78, 5) is 2.38. The second-order valence-electron chi connectivity index (χ2n) is 6.15. The van der Waals surface area contributed by atoms with Crippen LogP contribution in [0.4, 0.5) is 0 Å². The quantitative estimate of drug-likeness (QED) is 0.933. The fourth-order valence-electron chi connectivity index (χ4n) is 3.62. The first-order chi connectivity index (χ1) is 11.8. The summed E-state index contributed by atoms with van der Waals surface area (Å²) >= 11 is 0. The van der Waals surface area contributed by atoms with E-state index >= 15 is 0 Å². The fourth-order valence-corrected chi connectivity index (χ4v) is 3.62. The first-order valence-electron chi connectivity index (χ1n) is 8.27. The molecule has 2 aromatic carbocycles. The predicted molar refractivity (Wildman–Crippen MR) is 89.9 cm³/mol. The summed E-state index contributed by atoms with van der Waals surface area (Å²) in [7, 11) is 1.68. The number of likely N-dealkylation sites (tertiary alicyclic amines) is 1. The van der Waals surface area contributed by atoms with E-state index in [0.29, 0.717) is 11.5 Å². The molecule has 24 heavy (non-hydrogen) atoms. The molecular weight excluding hydrogens is 306 g/mol. The molecule has 0 amide bonds. The van der Waals surface area contributed by atoms with Gasteiger partial charge in [0.05, 0.1) is 13.2 Å². The van der Waals surface area contributed by atoms with Crippen molar-refractivity contribution in [2.75, 3.05) is 27.0 Å². The molecule has 0 saturated carbocycles. The minimum atomic E-state index is -0.0712. The van der Waals surface area contributed by atoms with Crippen molar-refractivity contribution < 1.29 is 19.3 Å². The summed E-state index contributed by atoms with van der Waals surface area (Å²) in [6, 6.07) is 11.5. The number of phenols is 1. The number of ether oxygens (including phenoxy) is 3. The minimum absolute atomic E-state index is 0.0712. The SMILES string of the molecule is COc1ccccc1C(c1cc2c(cc1O)OCO2)N1CCCC1. The van der Waals surface area contributed by atoms with Crippen LogP contribution in [0.3, 0.4) is 0 Å². The molecule has 126 valence electrons. The smallest absolute Gasteiger partial charge is 0.231 e. The number of methoxy groups -OCH3 is 1. The average molecular weight is 327 g/mol. The van der Waals surface area contributed by atoms with Crippen molar-refractivity contribution in [2.45, 2.75) is 18.9 Å². The number of benzene rings is 2. The number of rotatable bonds is 4. The van der Waals surface area contributed by atoms with E-state index in [1.807, 2.05) is 24.3 Å². The van der Waals surface area contributed by atoms with Gasteiger partial charge in [-0.1, -0.05) is 18.2 Å². The Kier molecular flexibility index (Phi) is 3.94. The maximum atomic E-state index is 10.6. The molecule has 1 N–H and O–H groups in total. The van der Waals surface area contributed by atoms with Gasteiger partial charge in [-0.2, -0.15) is 0 Å². The molecule has 5 nitrogen and oxygen atoms in total. The monoisotopic (exact) mass is 327 g/mol. The maximum absolute atomic E-state index is 10.6. The van der Waals surface area contributed by atoms with Gasteiger partial charge in [-0.15, -0.1) is 0 Å². The number of para-hydroxylation sites is 1. The van der Waals surface area contributed by atoms with Crippen LogP contribution in [0.5, 0.6) is 23.0 Å². The third-order valence-electron chi connectivity index (χ3n) is 4.76. The standard InChI is InChI=1S/C19H21NO4/c1-22-16-7-3-2-6-13(16)19(20-8-4-5-9-20)14-10-17-18(11-15(14)21)24-12-23-17/h2-3,6-7,10-11,19,21H,4-5,8-9,12H2,1H3. The molecule has 5 heteroatoms. The Morgan fingerprint density at radius 1 is 1.04 bits per heavy atom. The van der Waals surface area contributed by atoms with Crippen LogP contribution in [0, 0.1) is 0 Å². The summed E-state index contributed by atoms with van der Waals surface area (Å²) in [6.45, 7) is 2.19. The van der Waals surface area contributed by atoms with Gasteiger partial charge in [0.15, 0.2) is 11.5 Å². The van der Waals surface area contributed by atoms with Crippen LogP contribution in [-0.4, -0.2) is 37.0 Å². The molecule has 2 aliphatic rings. The highest BCUT2D eigenvalue weighted by atomic mass is 16.7. The van der Waals surface area contributed by atoms with Crippen LogP contribution in [0.25, 0.3) is 0 Å². The molecule has 1 atom stereocenters. The first-order valence-corrected chi connectivity index (χ1v) is 8.27. The zero-order valence-corrected chi connectivity index (χ0v) is 13.7. The zero-order chi connectivity index (χ0) is 16.5. The Morgan fingerprint density at radius 2 is 1.75 bits per heavy atom. The van der Waals surface area contributed by atoms with Gasteiger partial charge in [0.25, 0.3) is 0 Å². The Morgan fingerprint density at radius 3 is 2.50 bits per heavy atom. The van der Waals surface area contributed by atoms with Crippen molar-refractivity contribution in [2.24, 2.45) is 0 Å². The number of hydrogen-bond donors (Lipinski definition) is 1. The molecule has 0 aliphatic carbocycles. The van der Waals surface area contributed by atoms with E-state index in [0.717, 1.165) is 42.8 Å². The van der Waals surface area contributed by atoms with E-state index in [1.165, 1.54) is 0 Å². The Balaban J connectivity index is 1.84. The molecule has 1 unspecified atom stereocenters. The van der Waals surface area contributed by atoms with Crippen LogP contribution in [-0.2, 0) is 0 Å². The van der Waals surface area contributed by atoms with E-state index in [1.54, 1.807) is 13.2 Å². The molecule has 0 radical (unpaired) electrons. The largest absolute Gasteiger partial charge is 0.507 e. The topological polar surface area (TPSA) is 51.2 Å². The molecule has 2 heterocycles. The number of hydrogen-bond acceptors (Lipinski definition) is 5. The molecule has 0 bridgehead atoms. The molecule has 1 fully saturated rings. The van der Waals surface area contributed by atoms with Crippen molar-refractivity contribution in [1.29, 1.82) is 0 Å². The van der Waals surface area contributed by atoms with E-state index in [2.05, 4.69) is 11.0 Å². The highest BCUT2D eigenvalue weighted by molar-refractivity contribution is 5.55. The lowest BCUT2D eigenvalue weighted by molar-refractivity contribution is 0.173. The van der Waals surface area contributed by atoms with Crippen LogP contribution in [0.2, 0.25) is 0 Å². The van der Waals surface area contributed by atoms with Gasteiger partial charge in [-0.3, -0.25) is 4.90 Å². The third kappa shape index (κ3) is 2.55. The summed E-state index contributed by atoms with van der Waals surface area (Å²) < 4.78 is 16.5. The van der Waals surface area contributed by atoms with Crippen LogP contribution in [0.1, 0.15) is 30.0 Å². The van der Waals surface area contributed by atoms with Gasteiger partial charge in [-0.25, -0.2) is 0 Å². The molecule has 0 spiro atoms. The van der Waals surface area contributed by atoms with E-state index in [4.69, 9.17) is 14.2 Å². The average Bonchev–Trinajstić information content (AvgIpc) is 3.27. The summed E-state index contributed by atoms with van der Waals surface area (Å²) in [5, 5.41) is 10.6. The summed E-state index contributed by atoms with van der Waals surface area (Å²) in [6.07, 6.45) is 2.33. The van der Waals surface area contributed by atoms with Crippen molar-refractivity contribution in [3.63, 3.8) is 0 Å². The third-order valence-corrected chi connectivity index (χ3v) is 4.76. The molecular formula is C19H21NO4. The lowest BCUT2D eigenvalue weighted by Crippen LogP contribution is -2.27. The Bertz CT molecular complexity index is 740. The minimum Gasteiger partial charge on any atom is -0.507 e. The van der Waals surface area contributed by atoms with E-state index in [9.17, 15) is 5.11 Å². The maximum Gasteiger partial charge on any atom is 0.231 e. The molecule has 4 rings (SSSR count). The molecule has 1 saturated heterocycles. The van der Waals surface area contributed by atoms with Gasteiger partial charge in [0, 0.05) is 17.2 Å². The number of nitrogens with zero attached hydrogens (tertiary/aromatic N) is 1. The number of fused-ring (bicyclic) bond motifs is 1. The second kappa shape index (κ2) is 6.24. The highest BCUT2D eigenvalue weighted by Crippen LogP contribution is 2.45. The Labute approximate surface area is 141 Å².